The summed E-state index contributed by atoms with van der Waals surface area (Å²) in [6, 6.07) is 32.3. The zero-order valence-electron chi connectivity index (χ0n) is 16.5. The molecule has 0 nitrogen and oxygen atoms in total. The minimum absolute atomic E-state index is 0. The fourth-order valence-electron chi connectivity index (χ4n) is 2.85. The SMILES string of the molecule is CCP(CC)CC.[Pd].c1ccc(P(c2ccccc2)c2ccccc2)cc1. The Morgan fingerprint density at radius 1 is 0.481 bits per heavy atom. The summed E-state index contributed by atoms with van der Waals surface area (Å²) in [6.07, 6.45) is 4.26. The summed E-state index contributed by atoms with van der Waals surface area (Å²) in [6.45, 7) is 6.87. The van der Waals surface area contributed by atoms with Crippen LogP contribution in [0.1, 0.15) is 20.8 Å². The maximum atomic E-state index is 2.29. The molecule has 0 aliphatic rings. The summed E-state index contributed by atoms with van der Waals surface area (Å²) in [5.74, 6) is 0. The molecule has 3 aromatic carbocycles. The summed E-state index contributed by atoms with van der Waals surface area (Å²) < 4.78 is 0. The van der Waals surface area contributed by atoms with Crippen molar-refractivity contribution in [2.24, 2.45) is 0 Å². The average Bonchev–Trinajstić information content (AvgIpc) is 2.72. The van der Waals surface area contributed by atoms with E-state index in [1.807, 2.05) is 0 Å². The van der Waals surface area contributed by atoms with E-state index < -0.39 is 7.92 Å². The van der Waals surface area contributed by atoms with Crippen molar-refractivity contribution in [3.8, 4) is 0 Å². The molecule has 3 aromatic rings. The van der Waals surface area contributed by atoms with Crippen molar-refractivity contribution in [2.75, 3.05) is 18.5 Å². The Hall–Kier alpha value is -0.818. The molecular formula is C24H30P2Pd. The van der Waals surface area contributed by atoms with Gasteiger partial charge in [0, 0.05) is 20.4 Å². The van der Waals surface area contributed by atoms with Crippen molar-refractivity contribution in [3.05, 3.63) is 91.0 Å². The molecule has 3 rings (SSSR count). The topological polar surface area (TPSA) is 0 Å². The van der Waals surface area contributed by atoms with Crippen molar-refractivity contribution < 1.29 is 20.4 Å². The van der Waals surface area contributed by atoms with Crippen LogP contribution in [0.3, 0.4) is 0 Å². The van der Waals surface area contributed by atoms with Gasteiger partial charge in [-0.25, -0.2) is 0 Å². The van der Waals surface area contributed by atoms with E-state index in [2.05, 4.69) is 112 Å². The Balaban J connectivity index is 0.000000395. The predicted molar refractivity (Wildman–Crippen MR) is 124 cm³/mol. The Kier molecular flexibility index (Phi) is 12.8. The molecule has 0 atom stereocenters. The van der Waals surface area contributed by atoms with Gasteiger partial charge in [0.1, 0.15) is 0 Å². The van der Waals surface area contributed by atoms with Gasteiger partial charge in [-0.1, -0.05) is 112 Å². The van der Waals surface area contributed by atoms with Crippen molar-refractivity contribution in [3.63, 3.8) is 0 Å². The molecule has 146 valence electrons. The van der Waals surface area contributed by atoms with E-state index in [-0.39, 0.29) is 20.4 Å². The van der Waals surface area contributed by atoms with E-state index in [0.717, 1.165) is 0 Å². The summed E-state index contributed by atoms with van der Waals surface area (Å²) >= 11 is 0. The molecule has 0 unspecified atom stereocenters. The van der Waals surface area contributed by atoms with Gasteiger partial charge >= 0.3 is 0 Å². The van der Waals surface area contributed by atoms with Crippen molar-refractivity contribution in [2.45, 2.75) is 20.8 Å². The van der Waals surface area contributed by atoms with Crippen molar-refractivity contribution >= 4 is 31.8 Å². The van der Waals surface area contributed by atoms with E-state index in [1.165, 1.54) is 34.4 Å². The van der Waals surface area contributed by atoms with E-state index >= 15 is 0 Å². The first-order valence-corrected chi connectivity index (χ1v) is 12.7. The second-order valence-electron chi connectivity index (χ2n) is 5.96. The maximum Gasteiger partial charge on any atom is 0 e. The van der Waals surface area contributed by atoms with Crippen molar-refractivity contribution in [1.82, 2.24) is 0 Å². The van der Waals surface area contributed by atoms with E-state index in [4.69, 9.17) is 0 Å². The van der Waals surface area contributed by atoms with Crippen LogP contribution in [0.25, 0.3) is 0 Å². The number of benzene rings is 3. The second kappa shape index (κ2) is 14.2. The number of hydrogen-bond donors (Lipinski definition) is 0. The predicted octanol–water partition coefficient (Wildman–Crippen LogP) is 5.97. The molecule has 0 saturated heterocycles. The molecule has 0 aliphatic carbocycles. The van der Waals surface area contributed by atoms with Crippen LogP contribution >= 0.6 is 15.8 Å². The fourth-order valence-corrected chi connectivity index (χ4v) is 6.50. The van der Waals surface area contributed by atoms with Gasteiger partial charge < -0.3 is 0 Å². The molecule has 0 radical (unpaired) electrons. The summed E-state index contributed by atoms with van der Waals surface area (Å²) in [5, 5.41) is 4.19. The van der Waals surface area contributed by atoms with Crippen LogP contribution in [0.4, 0.5) is 0 Å². The standard InChI is InChI=1S/C18H15P.C6H15P.Pd/c1-4-10-16(11-5-1)19(17-12-6-2-7-13-17)18-14-8-3-9-15-18;1-4-7(5-2)6-3;/h1-15H;4-6H2,1-3H3;. The largest absolute Gasteiger partial charge is 0.108 e. The Morgan fingerprint density at radius 3 is 0.926 bits per heavy atom. The minimum atomic E-state index is -0.446. The van der Waals surface area contributed by atoms with Gasteiger partial charge in [0.05, 0.1) is 0 Å². The third kappa shape index (κ3) is 7.98. The van der Waals surface area contributed by atoms with Crippen LogP contribution in [-0.4, -0.2) is 18.5 Å². The Bertz CT molecular complexity index is 614. The zero-order chi connectivity index (χ0) is 18.6. The molecular weight excluding hydrogens is 457 g/mol. The number of rotatable bonds is 6. The van der Waals surface area contributed by atoms with Gasteiger partial charge in [-0.15, -0.1) is 7.92 Å². The van der Waals surface area contributed by atoms with Gasteiger partial charge in [0.2, 0.25) is 0 Å². The van der Waals surface area contributed by atoms with Crippen LogP contribution in [0.2, 0.25) is 0 Å². The minimum Gasteiger partial charge on any atom is -0.108 e. The Labute approximate surface area is 182 Å². The molecule has 0 saturated carbocycles. The fraction of sp³-hybridized carbons (Fsp3) is 0.250. The average molecular weight is 487 g/mol. The van der Waals surface area contributed by atoms with Gasteiger partial charge in [-0.05, 0) is 42.3 Å². The van der Waals surface area contributed by atoms with Crippen molar-refractivity contribution in [1.29, 1.82) is 0 Å². The first-order valence-electron chi connectivity index (χ1n) is 9.47. The molecule has 3 heteroatoms. The van der Waals surface area contributed by atoms with Crippen LogP contribution < -0.4 is 15.9 Å². The molecule has 0 spiro atoms. The van der Waals surface area contributed by atoms with Gasteiger partial charge in [0.15, 0.2) is 0 Å². The van der Waals surface area contributed by atoms with E-state index in [9.17, 15) is 0 Å². The van der Waals surface area contributed by atoms with E-state index in [1.54, 1.807) is 0 Å². The quantitative estimate of drug-likeness (QED) is 0.297. The molecule has 0 heterocycles. The summed E-state index contributed by atoms with van der Waals surface area (Å²) in [7, 11) is -0.000000000000000111. The van der Waals surface area contributed by atoms with Crippen LogP contribution in [0.15, 0.2) is 91.0 Å². The second-order valence-corrected chi connectivity index (χ2v) is 11.4. The van der Waals surface area contributed by atoms with Gasteiger partial charge in [0.25, 0.3) is 0 Å². The van der Waals surface area contributed by atoms with Crippen LogP contribution in [0, 0.1) is 0 Å². The summed E-state index contributed by atoms with van der Waals surface area (Å²) in [5.41, 5.74) is 0. The molecule has 0 aromatic heterocycles. The maximum absolute atomic E-state index is 2.29. The van der Waals surface area contributed by atoms with Crippen LogP contribution in [0.5, 0.6) is 0 Å². The summed E-state index contributed by atoms with van der Waals surface area (Å²) in [4.78, 5) is 0. The van der Waals surface area contributed by atoms with E-state index in [0.29, 0.717) is 7.92 Å². The molecule has 27 heavy (non-hydrogen) atoms. The zero-order valence-corrected chi connectivity index (χ0v) is 19.8. The molecule has 0 N–H and O–H groups in total. The van der Waals surface area contributed by atoms with Gasteiger partial charge in [-0.2, -0.15) is 0 Å². The van der Waals surface area contributed by atoms with Crippen LogP contribution in [-0.2, 0) is 20.4 Å². The third-order valence-electron chi connectivity index (χ3n) is 4.38. The number of hydrogen-bond acceptors (Lipinski definition) is 0. The normalized spacial score (nSPS) is 10.1. The molecule has 0 fully saturated rings. The smallest absolute Gasteiger partial charge is 0 e. The van der Waals surface area contributed by atoms with Gasteiger partial charge in [-0.3, -0.25) is 0 Å². The Morgan fingerprint density at radius 2 is 0.741 bits per heavy atom. The molecule has 0 amide bonds. The molecule has 0 aliphatic heterocycles. The third-order valence-corrected chi connectivity index (χ3v) is 9.51. The monoisotopic (exact) mass is 486 g/mol. The first kappa shape index (κ1) is 24.2. The first-order chi connectivity index (χ1) is 12.8. The molecule has 0 bridgehead atoms.